The Balaban J connectivity index is 2.38. The Labute approximate surface area is 88.6 Å². The van der Waals surface area contributed by atoms with Crippen LogP contribution in [0.25, 0.3) is 0 Å². The maximum Gasteiger partial charge on any atom is 0.216 e. The zero-order chi connectivity index (χ0) is 11.3. The minimum Gasteiger partial charge on any atom is -0.504 e. The molecule has 4 heteroatoms. The summed E-state index contributed by atoms with van der Waals surface area (Å²) in [6, 6.07) is 4.75. The summed E-state index contributed by atoms with van der Waals surface area (Å²) in [6.07, 6.45) is 1.57. The Kier molecular flexibility index (Phi) is 3.97. The fourth-order valence-corrected chi connectivity index (χ4v) is 1.28. The van der Waals surface area contributed by atoms with Gasteiger partial charge in [0.2, 0.25) is 5.91 Å². The summed E-state index contributed by atoms with van der Waals surface area (Å²) in [7, 11) is 0. The highest BCUT2D eigenvalue weighted by molar-refractivity contribution is 5.72. The molecular weight excluding hydrogens is 194 g/mol. The number of phenolic OH excluding ortho intramolecular Hbond substituents is 2. The molecule has 4 nitrogen and oxygen atoms in total. The Morgan fingerprint density at radius 1 is 1.33 bits per heavy atom. The molecular formula is C11H15NO3. The summed E-state index contributed by atoms with van der Waals surface area (Å²) in [5.41, 5.74) is 0.940. The van der Waals surface area contributed by atoms with E-state index in [9.17, 15) is 9.90 Å². The minimum absolute atomic E-state index is 0.0384. The number of phenols is 2. The maximum atomic E-state index is 10.6. The first kappa shape index (κ1) is 11.4. The maximum absolute atomic E-state index is 10.6. The van der Waals surface area contributed by atoms with E-state index in [4.69, 9.17) is 5.11 Å². The second-order valence-electron chi connectivity index (χ2n) is 3.41. The molecule has 0 aromatic heterocycles. The van der Waals surface area contributed by atoms with Gasteiger partial charge in [-0.15, -0.1) is 0 Å². The third-order valence-electron chi connectivity index (χ3n) is 2.06. The molecule has 0 fully saturated rings. The molecule has 1 aromatic rings. The van der Waals surface area contributed by atoms with Gasteiger partial charge in [-0.2, -0.15) is 0 Å². The number of benzene rings is 1. The predicted molar refractivity (Wildman–Crippen MR) is 56.8 cm³/mol. The van der Waals surface area contributed by atoms with Gasteiger partial charge in [-0.05, 0) is 30.5 Å². The van der Waals surface area contributed by atoms with E-state index in [2.05, 4.69) is 5.32 Å². The second-order valence-corrected chi connectivity index (χ2v) is 3.41. The molecule has 0 spiro atoms. The highest BCUT2D eigenvalue weighted by atomic mass is 16.3. The largest absolute Gasteiger partial charge is 0.504 e. The van der Waals surface area contributed by atoms with Gasteiger partial charge in [-0.25, -0.2) is 0 Å². The van der Waals surface area contributed by atoms with Crippen LogP contribution in [0.3, 0.4) is 0 Å². The third-order valence-corrected chi connectivity index (χ3v) is 2.06. The molecule has 0 radical (unpaired) electrons. The van der Waals surface area contributed by atoms with Crippen molar-refractivity contribution in [3.05, 3.63) is 23.8 Å². The summed E-state index contributed by atoms with van der Waals surface area (Å²) < 4.78 is 0. The highest BCUT2D eigenvalue weighted by Crippen LogP contribution is 2.25. The average Bonchev–Trinajstić information content (AvgIpc) is 2.18. The zero-order valence-electron chi connectivity index (χ0n) is 8.66. The van der Waals surface area contributed by atoms with Gasteiger partial charge >= 0.3 is 0 Å². The SMILES string of the molecule is CC(=O)NCCCc1ccc(O)c(O)c1. The number of aryl methyl sites for hydroxylation is 1. The van der Waals surface area contributed by atoms with Crippen molar-refractivity contribution in [2.45, 2.75) is 19.8 Å². The minimum atomic E-state index is -0.111. The van der Waals surface area contributed by atoms with E-state index in [1.165, 1.54) is 19.1 Å². The van der Waals surface area contributed by atoms with Gasteiger partial charge in [-0.1, -0.05) is 6.07 Å². The molecule has 3 N–H and O–H groups in total. The van der Waals surface area contributed by atoms with Crippen LogP contribution in [0.1, 0.15) is 18.9 Å². The number of hydrogen-bond donors (Lipinski definition) is 3. The lowest BCUT2D eigenvalue weighted by Crippen LogP contribution is -2.21. The van der Waals surface area contributed by atoms with Crippen LogP contribution < -0.4 is 5.32 Å². The lowest BCUT2D eigenvalue weighted by atomic mass is 10.1. The van der Waals surface area contributed by atoms with Crippen LogP contribution in [0.2, 0.25) is 0 Å². The molecule has 1 amide bonds. The van der Waals surface area contributed by atoms with Crippen molar-refractivity contribution >= 4 is 5.91 Å². The van der Waals surface area contributed by atoms with E-state index in [-0.39, 0.29) is 17.4 Å². The predicted octanol–water partition coefficient (Wildman–Crippen LogP) is 1.17. The second kappa shape index (κ2) is 5.24. The Morgan fingerprint density at radius 3 is 2.67 bits per heavy atom. The molecule has 0 saturated heterocycles. The number of aromatic hydroxyl groups is 2. The first-order valence-corrected chi connectivity index (χ1v) is 4.85. The van der Waals surface area contributed by atoms with Gasteiger partial charge in [0.1, 0.15) is 0 Å². The van der Waals surface area contributed by atoms with E-state index in [1.807, 2.05) is 0 Å². The summed E-state index contributed by atoms with van der Waals surface area (Å²) >= 11 is 0. The van der Waals surface area contributed by atoms with Gasteiger partial charge < -0.3 is 15.5 Å². The molecule has 0 saturated carbocycles. The Bertz CT molecular complexity index is 350. The van der Waals surface area contributed by atoms with Crippen LogP contribution in [0, 0.1) is 0 Å². The Hall–Kier alpha value is -1.71. The molecule has 0 heterocycles. The van der Waals surface area contributed by atoms with Crippen molar-refractivity contribution in [2.24, 2.45) is 0 Å². The third kappa shape index (κ3) is 3.89. The smallest absolute Gasteiger partial charge is 0.216 e. The summed E-state index contributed by atoms with van der Waals surface area (Å²) in [4.78, 5) is 10.6. The Morgan fingerprint density at radius 2 is 2.07 bits per heavy atom. The van der Waals surface area contributed by atoms with Crippen molar-refractivity contribution in [2.75, 3.05) is 6.54 Å². The van der Waals surface area contributed by atoms with Crippen LogP contribution in [0.5, 0.6) is 11.5 Å². The number of nitrogens with one attached hydrogen (secondary N) is 1. The van der Waals surface area contributed by atoms with Crippen molar-refractivity contribution in [3.8, 4) is 11.5 Å². The molecule has 82 valence electrons. The molecule has 0 aliphatic heterocycles. The lowest BCUT2D eigenvalue weighted by Gasteiger charge is -2.04. The van der Waals surface area contributed by atoms with Crippen LogP contribution >= 0.6 is 0 Å². The van der Waals surface area contributed by atoms with Gasteiger partial charge in [-0.3, -0.25) is 4.79 Å². The summed E-state index contributed by atoms with van der Waals surface area (Å²) in [5, 5.41) is 21.0. The zero-order valence-corrected chi connectivity index (χ0v) is 8.66. The van der Waals surface area contributed by atoms with Crippen molar-refractivity contribution in [1.29, 1.82) is 0 Å². The molecule has 0 atom stereocenters. The first-order chi connectivity index (χ1) is 7.09. The van der Waals surface area contributed by atoms with Crippen LogP contribution in [0.4, 0.5) is 0 Å². The van der Waals surface area contributed by atoms with E-state index >= 15 is 0 Å². The fourth-order valence-electron chi connectivity index (χ4n) is 1.28. The first-order valence-electron chi connectivity index (χ1n) is 4.85. The van der Waals surface area contributed by atoms with Gasteiger partial charge in [0.15, 0.2) is 11.5 Å². The number of amides is 1. The highest BCUT2D eigenvalue weighted by Gasteiger charge is 2.00. The molecule has 0 aliphatic rings. The molecule has 0 bridgehead atoms. The number of carbonyl (C=O) groups excluding carboxylic acids is 1. The quantitative estimate of drug-likeness (QED) is 0.515. The average molecular weight is 209 g/mol. The van der Waals surface area contributed by atoms with Crippen molar-refractivity contribution < 1.29 is 15.0 Å². The number of rotatable bonds is 4. The topological polar surface area (TPSA) is 69.6 Å². The molecule has 0 unspecified atom stereocenters. The van der Waals surface area contributed by atoms with E-state index in [0.717, 1.165) is 18.4 Å². The normalized spacial score (nSPS) is 9.93. The molecule has 1 aromatic carbocycles. The monoisotopic (exact) mass is 209 g/mol. The van der Waals surface area contributed by atoms with Crippen LogP contribution in [0.15, 0.2) is 18.2 Å². The summed E-state index contributed by atoms with van der Waals surface area (Å²) in [6.45, 7) is 2.10. The summed E-state index contributed by atoms with van der Waals surface area (Å²) in [5.74, 6) is -0.254. The van der Waals surface area contributed by atoms with Gasteiger partial charge in [0, 0.05) is 13.5 Å². The fraction of sp³-hybridized carbons (Fsp3) is 0.364. The molecule has 15 heavy (non-hydrogen) atoms. The molecule has 1 rings (SSSR count). The van der Waals surface area contributed by atoms with E-state index < -0.39 is 0 Å². The van der Waals surface area contributed by atoms with E-state index in [0.29, 0.717) is 6.54 Å². The number of hydrogen-bond acceptors (Lipinski definition) is 3. The van der Waals surface area contributed by atoms with E-state index in [1.54, 1.807) is 6.07 Å². The van der Waals surface area contributed by atoms with Crippen LogP contribution in [-0.2, 0) is 11.2 Å². The van der Waals surface area contributed by atoms with Gasteiger partial charge in [0.05, 0.1) is 0 Å². The van der Waals surface area contributed by atoms with Gasteiger partial charge in [0.25, 0.3) is 0 Å². The van der Waals surface area contributed by atoms with Crippen molar-refractivity contribution in [1.82, 2.24) is 5.32 Å². The lowest BCUT2D eigenvalue weighted by molar-refractivity contribution is -0.118. The van der Waals surface area contributed by atoms with Crippen LogP contribution in [-0.4, -0.2) is 22.7 Å². The standard InChI is InChI=1S/C11H15NO3/c1-8(13)12-6-2-3-9-4-5-10(14)11(15)7-9/h4-5,7,14-15H,2-3,6H2,1H3,(H,12,13). The molecule has 0 aliphatic carbocycles. The van der Waals surface area contributed by atoms with Crippen molar-refractivity contribution in [3.63, 3.8) is 0 Å². The number of carbonyl (C=O) groups is 1.